The molecule has 0 aliphatic heterocycles. The Bertz CT molecular complexity index is 1420. The summed E-state index contributed by atoms with van der Waals surface area (Å²) >= 11 is 0. The monoisotopic (exact) mass is 988 g/mol. The Balaban J connectivity index is 4.19. The highest BCUT2D eigenvalue weighted by Gasteiger charge is 2.27. The summed E-state index contributed by atoms with van der Waals surface area (Å²) in [6.45, 7) is 3.69. The molecule has 0 saturated heterocycles. The lowest BCUT2D eigenvalue weighted by Gasteiger charge is -2.20. The number of phosphoric ester groups is 1. The van der Waals surface area contributed by atoms with Gasteiger partial charge >= 0.3 is 19.8 Å². The highest BCUT2D eigenvalue weighted by molar-refractivity contribution is 7.47. The zero-order valence-electron chi connectivity index (χ0n) is 43.9. The summed E-state index contributed by atoms with van der Waals surface area (Å²) in [7, 11) is -4.64. The van der Waals surface area contributed by atoms with Crippen molar-refractivity contribution < 1.29 is 42.7 Å². The van der Waals surface area contributed by atoms with E-state index in [1.54, 1.807) is 0 Å². The van der Waals surface area contributed by atoms with E-state index in [4.69, 9.17) is 29.4 Å². The van der Waals surface area contributed by atoms with Crippen LogP contribution in [0.3, 0.4) is 0 Å². The molecule has 0 spiro atoms. The maximum absolute atomic E-state index is 12.7. The minimum atomic E-state index is -4.64. The molecular formula is C58H102NO9P. The quantitative estimate of drug-likeness (QED) is 0.0232. The van der Waals surface area contributed by atoms with Gasteiger partial charge in [0.25, 0.3) is 0 Å². The van der Waals surface area contributed by atoms with Gasteiger partial charge < -0.3 is 25.2 Å². The van der Waals surface area contributed by atoms with Gasteiger partial charge in [-0.2, -0.15) is 0 Å². The minimum absolute atomic E-state index is 0.0156. The van der Waals surface area contributed by atoms with Crippen LogP contribution in [0.1, 0.15) is 232 Å². The van der Waals surface area contributed by atoms with Crippen LogP contribution < -0.4 is 5.73 Å². The van der Waals surface area contributed by atoms with Crippen LogP contribution in [0.25, 0.3) is 0 Å². The number of carbonyl (C=O) groups is 2. The van der Waals surface area contributed by atoms with Gasteiger partial charge in [-0.05, 0) is 70.6 Å². The zero-order valence-corrected chi connectivity index (χ0v) is 44.8. The van der Waals surface area contributed by atoms with Gasteiger partial charge in [-0.3, -0.25) is 18.6 Å². The van der Waals surface area contributed by atoms with E-state index in [-0.39, 0.29) is 13.0 Å². The number of phosphoric acid groups is 1. The number of unbranched alkanes of at least 4 members (excludes halogenated alkanes) is 24. The van der Waals surface area contributed by atoms with E-state index in [2.05, 4.69) is 98.9 Å². The molecule has 10 nitrogen and oxygen atoms in total. The molecule has 0 fully saturated rings. The second-order valence-corrected chi connectivity index (χ2v) is 19.8. The molecule has 69 heavy (non-hydrogen) atoms. The van der Waals surface area contributed by atoms with Crippen molar-refractivity contribution >= 4 is 19.8 Å². The van der Waals surface area contributed by atoms with E-state index >= 15 is 0 Å². The number of hydrogen-bond donors (Lipinski definition) is 3. The number of carboxylic acid groups (broad SMARTS) is 1. The molecule has 0 amide bonds. The lowest BCUT2D eigenvalue weighted by atomic mass is 10.0. The van der Waals surface area contributed by atoms with Crippen LogP contribution >= 0.6 is 7.82 Å². The zero-order chi connectivity index (χ0) is 50.4. The van der Waals surface area contributed by atoms with Crippen molar-refractivity contribution in [1.29, 1.82) is 0 Å². The second kappa shape index (κ2) is 53.0. The maximum Gasteiger partial charge on any atom is 0.472 e. The van der Waals surface area contributed by atoms with E-state index in [1.807, 2.05) is 0 Å². The molecule has 3 unspecified atom stereocenters. The van der Waals surface area contributed by atoms with Gasteiger partial charge in [0.2, 0.25) is 0 Å². The molecule has 0 aromatic carbocycles. The molecule has 0 aliphatic carbocycles. The highest BCUT2D eigenvalue weighted by atomic mass is 31.2. The number of esters is 1. The average Bonchev–Trinajstić information content (AvgIpc) is 3.33. The maximum atomic E-state index is 12.7. The van der Waals surface area contributed by atoms with Gasteiger partial charge in [0.05, 0.1) is 19.8 Å². The van der Waals surface area contributed by atoms with Gasteiger partial charge in [0.1, 0.15) is 12.1 Å². The fourth-order valence-electron chi connectivity index (χ4n) is 7.47. The van der Waals surface area contributed by atoms with Crippen molar-refractivity contribution in [3.8, 4) is 0 Å². The SMILES string of the molecule is CC/C=C\C/C=C\C/C=C\C/C=C\C/C=C\C/C=C\C/C=C\CCCCOCC(COP(=O)(O)OCC(N)C(=O)O)OC(=O)CCCCCCCCCCCCCCCCCCCCCCCCC. The third-order valence-electron chi connectivity index (χ3n) is 11.7. The number of nitrogens with two attached hydrogens (primary N) is 1. The second-order valence-electron chi connectivity index (χ2n) is 18.3. The molecule has 398 valence electrons. The average molecular weight is 988 g/mol. The molecular weight excluding hydrogens is 886 g/mol. The lowest BCUT2D eigenvalue weighted by molar-refractivity contribution is -0.154. The van der Waals surface area contributed by atoms with Crippen LogP contribution in [0, 0.1) is 0 Å². The largest absolute Gasteiger partial charge is 0.480 e. The van der Waals surface area contributed by atoms with E-state index in [0.717, 1.165) is 83.5 Å². The third kappa shape index (κ3) is 52.8. The Kier molecular flexibility index (Phi) is 50.8. The van der Waals surface area contributed by atoms with Crippen LogP contribution in [-0.2, 0) is 32.7 Å². The van der Waals surface area contributed by atoms with Gasteiger partial charge in [0.15, 0.2) is 0 Å². The number of rotatable bonds is 52. The van der Waals surface area contributed by atoms with Gasteiger partial charge in [-0.1, -0.05) is 240 Å². The van der Waals surface area contributed by atoms with E-state index in [0.29, 0.717) is 13.0 Å². The predicted molar refractivity (Wildman–Crippen MR) is 290 cm³/mol. The van der Waals surface area contributed by atoms with E-state index < -0.39 is 45.1 Å². The molecule has 0 aromatic rings. The summed E-state index contributed by atoms with van der Waals surface area (Å²) in [5.41, 5.74) is 5.38. The Morgan fingerprint density at radius 1 is 0.478 bits per heavy atom. The van der Waals surface area contributed by atoms with Crippen molar-refractivity contribution in [3.05, 3.63) is 85.1 Å². The molecule has 11 heteroatoms. The molecule has 0 heterocycles. The molecule has 0 aliphatic rings. The van der Waals surface area contributed by atoms with Crippen LogP contribution in [0.5, 0.6) is 0 Å². The molecule has 0 radical (unpaired) electrons. The smallest absolute Gasteiger partial charge is 0.472 e. The summed E-state index contributed by atoms with van der Waals surface area (Å²) in [5.74, 6) is -1.80. The summed E-state index contributed by atoms with van der Waals surface area (Å²) in [5, 5.41) is 8.94. The number of carbonyl (C=O) groups excluding carboxylic acids is 1. The Labute approximate surface area is 422 Å². The first kappa shape index (κ1) is 66.2. The fourth-order valence-corrected chi connectivity index (χ4v) is 8.25. The van der Waals surface area contributed by atoms with Gasteiger partial charge in [0, 0.05) is 13.0 Å². The van der Waals surface area contributed by atoms with Crippen LogP contribution in [0.4, 0.5) is 0 Å². The molecule has 0 bridgehead atoms. The van der Waals surface area contributed by atoms with Crippen molar-refractivity contribution in [3.63, 3.8) is 0 Å². The highest BCUT2D eigenvalue weighted by Crippen LogP contribution is 2.43. The van der Waals surface area contributed by atoms with Gasteiger partial charge in [-0.15, -0.1) is 0 Å². The molecule has 4 N–H and O–H groups in total. The number of carboxylic acids is 1. The molecule has 3 atom stereocenters. The Morgan fingerprint density at radius 3 is 1.23 bits per heavy atom. The van der Waals surface area contributed by atoms with Crippen LogP contribution in [0.2, 0.25) is 0 Å². The Morgan fingerprint density at radius 2 is 0.841 bits per heavy atom. The molecule has 0 aromatic heterocycles. The predicted octanol–water partition coefficient (Wildman–Crippen LogP) is 16.7. The first-order valence-corrected chi connectivity index (χ1v) is 29.1. The summed E-state index contributed by atoms with van der Waals surface area (Å²) in [4.78, 5) is 33.8. The van der Waals surface area contributed by atoms with E-state index in [9.17, 15) is 19.0 Å². The van der Waals surface area contributed by atoms with Crippen molar-refractivity contribution in [2.75, 3.05) is 26.4 Å². The number of ether oxygens (including phenoxy) is 2. The van der Waals surface area contributed by atoms with Crippen molar-refractivity contribution in [2.24, 2.45) is 5.73 Å². The summed E-state index contributed by atoms with van der Waals surface area (Å²) in [6.07, 6.45) is 69.4. The van der Waals surface area contributed by atoms with Crippen LogP contribution in [-0.4, -0.2) is 60.5 Å². The normalized spacial score (nSPS) is 14.3. The topological polar surface area (TPSA) is 155 Å². The van der Waals surface area contributed by atoms with Crippen molar-refractivity contribution in [1.82, 2.24) is 0 Å². The van der Waals surface area contributed by atoms with Crippen LogP contribution in [0.15, 0.2) is 85.1 Å². The first-order chi connectivity index (χ1) is 33.7. The summed E-state index contributed by atoms with van der Waals surface area (Å²) < 4.78 is 33.5. The number of hydrogen-bond acceptors (Lipinski definition) is 8. The molecule has 0 saturated carbocycles. The third-order valence-corrected chi connectivity index (χ3v) is 12.6. The Hall–Kier alpha value is -2.85. The summed E-state index contributed by atoms with van der Waals surface area (Å²) in [6, 6.07) is -1.48. The molecule has 0 rings (SSSR count). The van der Waals surface area contributed by atoms with E-state index in [1.165, 1.54) is 122 Å². The minimum Gasteiger partial charge on any atom is -0.480 e. The standard InChI is InChI=1S/C58H102NO9P/c1-3-5-7-9-11-13-15-17-19-21-23-25-27-29-31-33-35-37-39-41-43-45-47-49-51-65-52-55(53-66-69(63,64)67-54-56(59)58(61)62)68-57(60)50-48-46-44-42-40-38-36-34-32-30-28-26-24-22-20-18-16-14-12-10-8-6-4-2/h5,7,11,13,17,19,23,25,29,31,35,37,41,43,55-56H,3-4,6,8-10,12,14-16,18,20-22,24,26-28,30,32-34,36,38-40,42,44-54,59H2,1-2H3,(H,61,62)(H,63,64)/b7-5-,13-11-,19-17-,25-23-,31-29-,37-35-,43-41-. The first-order valence-electron chi connectivity index (χ1n) is 27.6. The fraction of sp³-hybridized carbons (Fsp3) is 0.724. The number of aliphatic carboxylic acids is 1. The lowest BCUT2D eigenvalue weighted by Crippen LogP contribution is -2.34. The van der Waals surface area contributed by atoms with Crippen molar-refractivity contribution in [2.45, 2.75) is 244 Å². The number of allylic oxidation sites excluding steroid dienone is 14. The van der Waals surface area contributed by atoms with Gasteiger partial charge in [-0.25, -0.2) is 4.57 Å².